The summed E-state index contributed by atoms with van der Waals surface area (Å²) < 4.78 is 0. The lowest BCUT2D eigenvalue weighted by molar-refractivity contribution is -0.136. The molecule has 1 atom stereocenters. The van der Waals surface area contributed by atoms with Gasteiger partial charge in [0.25, 0.3) is 0 Å². The SMILES string of the molecule is CCCCCCC(=O)NCCc1cc(-c2cccc3ccccc23)cc2ccc3c(c12)C(C(C)C)=CC(C(=O)O)N3. The number of allylic oxidation sites excluding steroid dienone is 1. The first-order valence-electron chi connectivity index (χ1n) is 14.9. The first kappa shape index (κ1) is 28.4. The van der Waals surface area contributed by atoms with Crippen molar-refractivity contribution >= 4 is 44.7 Å². The number of carbonyl (C=O) groups excluding carboxylic acids is 1. The third-order valence-corrected chi connectivity index (χ3v) is 8.11. The van der Waals surface area contributed by atoms with Gasteiger partial charge >= 0.3 is 5.97 Å². The number of aliphatic carboxylic acids is 1. The highest BCUT2D eigenvalue weighted by Crippen LogP contribution is 2.43. The molecule has 0 radical (unpaired) electrons. The van der Waals surface area contributed by atoms with Crippen molar-refractivity contribution in [3.63, 3.8) is 0 Å². The lowest BCUT2D eigenvalue weighted by Crippen LogP contribution is -2.31. The van der Waals surface area contributed by atoms with Crippen LogP contribution in [0.3, 0.4) is 0 Å². The number of benzene rings is 4. The number of unbranched alkanes of at least 4 members (excludes halogenated alkanes) is 3. The molecule has 1 aliphatic rings. The number of carboxylic acid groups (broad SMARTS) is 1. The van der Waals surface area contributed by atoms with Crippen molar-refractivity contribution in [1.82, 2.24) is 5.32 Å². The van der Waals surface area contributed by atoms with Crippen LogP contribution in [-0.4, -0.2) is 29.6 Å². The van der Waals surface area contributed by atoms with E-state index in [-0.39, 0.29) is 11.8 Å². The quantitative estimate of drug-likeness (QED) is 0.165. The molecule has 1 aliphatic heterocycles. The molecule has 1 unspecified atom stereocenters. The monoisotopic (exact) mass is 548 g/mol. The Morgan fingerprint density at radius 1 is 0.951 bits per heavy atom. The Morgan fingerprint density at radius 3 is 2.54 bits per heavy atom. The Morgan fingerprint density at radius 2 is 1.76 bits per heavy atom. The van der Waals surface area contributed by atoms with Gasteiger partial charge in [-0.05, 0) is 80.8 Å². The van der Waals surface area contributed by atoms with Crippen molar-refractivity contribution in [2.24, 2.45) is 5.92 Å². The van der Waals surface area contributed by atoms with E-state index in [4.69, 9.17) is 0 Å². The smallest absolute Gasteiger partial charge is 0.330 e. The standard InChI is InChI=1S/C36H40N2O3/c1-4-5-6-7-15-33(39)37-19-18-26-21-27(29-14-10-12-24-11-8-9-13-28(24)29)20-25-16-17-31-35(34(25)26)30(23(2)3)22-32(38-31)36(40)41/h8-14,16-17,20-23,32,38H,4-7,15,18-19H2,1-3H3,(H,37,39)(H,40,41). The average molecular weight is 549 g/mol. The Labute approximate surface area is 242 Å². The molecule has 212 valence electrons. The second-order valence-corrected chi connectivity index (χ2v) is 11.4. The van der Waals surface area contributed by atoms with E-state index in [1.54, 1.807) is 0 Å². The number of carbonyl (C=O) groups is 2. The topological polar surface area (TPSA) is 78.4 Å². The number of fused-ring (bicyclic) bond motifs is 4. The van der Waals surface area contributed by atoms with Gasteiger partial charge in [0, 0.05) is 24.2 Å². The lowest BCUT2D eigenvalue weighted by Gasteiger charge is -2.28. The highest BCUT2D eigenvalue weighted by Gasteiger charge is 2.27. The molecule has 41 heavy (non-hydrogen) atoms. The van der Waals surface area contributed by atoms with E-state index in [0.717, 1.165) is 64.4 Å². The number of nitrogens with one attached hydrogen (secondary N) is 2. The molecule has 1 heterocycles. The third-order valence-electron chi connectivity index (χ3n) is 8.11. The Kier molecular flexibility index (Phi) is 8.72. The van der Waals surface area contributed by atoms with Crippen molar-refractivity contribution in [2.75, 3.05) is 11.9 Å². The van der Waals surface area contributed by atoms with Crippen LogP contribution in [0, 0.1) is 5.92 Å². The Bertz CT molecular complexity index is 1610. The summed E-state index contributed by atoms with van der Waals surface area (Å²) in [6.45, 7) is 6.95. The van der Waals surface area contributed by atoms with Gasteiger partial charge in [0.05, 0.1) is 0 Å². The van der Waals surface area contributed by atoms with Crippen molar-refractivity contribution < 1.29 is 14.7 Å². The molecule has 0 saturated carbocycles. The molecule has 0 aromatic heterocycles. The van der Waals surface area contributed by atoms with E-state index in [1.165, 1.54) is 16.3 Å². The third kappa shape index (κ3) is 6.14. The number of hydrogen-bond donors (Lipinski definition) is 3. The van der Waals surface area contributed by atoms with Crippen LogP contribution in [0.25, 0.3) is 38.2 Å². The van der Waals surface area contributed by atoms with Gasteiger partial charge in [0.1, 0.15) is 6.04 Å². The Balaban J connectivity index is 1.59. The largest absolute Gasteiger partial charge is 0.479 e. The maximum Gasteiger partial charge on any atom is 0.330 e. The number of anilines is 1. The predicted octanol–water partition coefficient (Wildman–Crippen LogP) is 8.21. The summed E-state index contributed by atoms with van der Waals surface area (Å²) >= 11 is 0. The Hall–Kier alpha value is -4.12. The fourth-order valence-corrected chi connectivity index (χ4v) is 6.03. The average Bonchev–Trinajstić information content (AvgIpc) is 2.97. The summed E-state index contributed by atoms with van der Waals surface area (Å²) in [6, 6.07) is 22.7. The highest BCUT2D eigenvalue weighted by atomic mass is 16.4. The molecule has 0 fully saturated rings. The molecule has 5 rings (SSSR count). The zero-order valence-electron chi connectivity index (χ0n) is 24.3. The number of rotatable bonds is 11. The van der Waals surface area contributed by atoms with Gasteiger partial charge in [0.2, 0.25) is 5.91 Å². The summed E-state index contributed by atoms with van der Waals surface area (Å²) in [4.78, 5) is 24.5. The molecular weight excluding hydrogens is 508 g/mol. The van der Waals surface area contributed by atoms with E-state index in [0.29, 0.717) is 19.4 Å². The minimum absolute atomic E-state index is 0.103. The van der Waals surface area contributed by atoms with Crippen molar-refractivity contribution in [2.45, 2.75) is 65.3 Å². The number of hydrogen-bond acceptors (Lipinski definition) is 3. The van der Waals surface area contributed by atoms with E-state index in [9.17, 15) is 14.7 Å². The maximum absolute atomic E-state index is 12.6. The number of amides is 1. The second-order valence-electron chi connectivity index (χ2n) is 11.4. The molecule has 0 spiro atoms. The molecule has 3 N–H and O–H groups in total. The summed E-state index contributed by atoms with van der Waals surface area (Å²) in [5, 5.41) is 20.8. The van der Waals surface area contributed by atoms with Crippen molar-refractivity contribution in [3.8, 4) is 11.1 Å². The van der Waals surface area contributed by atoms with Gasteiger partial charge in [-0.3, -0.25) is 4.79 Å². The fourth-order valence-electron chi connectivity index (χ4n) is 6.03. The summed E-state index contributed by atoms with van der Waals surface area (Å²) in [7, 11) is 0. The van der Waals surface area contributed by atoms with Crippen LogP contribution < -0.4 is 10.6 Å². The minimum Gasteiger partial charge on any atom is -0.479 e. The lowest BCUT2D eigenvalue weighted by atomic mass is 9.83. The van der Waals surface area contributed by atoms with Crippen LogP contribution in [0.4, 0.5) is 5.69 Å². The van der Waals surface area contributed by atoms with Gasteiger partial charge < -0.3 is 15.7 Å². The number of carboxylic acids is 1. The van der Waals surface area contributed by atoms with Gasteiger partial charge in [-0.25, -0.2) is 4.79 Å². The summed E-state index contributed by atoms with van der Waals surface area (Å²) in [5.41, 5.74) is 6.41. The van der Waals surface area contributed by atoms with Crippen LogP contribution in [0.1, 0.15) is 64.0 Å². The molecule has 5 heteroatoms. The summed E-state index contributed by atoms with van der Waals surface area (Å²) in [5.74, 6) is -0.634. The molecule has 4 aromatic rings. The van der Waals surface area contributed by atoms with E-state index in [1.807, 2.05) is 12.1 Å². The van der Waals surface area contributed by atoms with Gasteiger partial charge in [0.15, 0.2) is 0 Å². The zero-order chi connectivity index (χ0) is 28.9. The fraction of sp³-hybridized carbons (Fsp3) is 0.333. The van der Waals surface area contributed by atoms with Crippen molar-refractivity contribution in [3.05, 3.63) is 83.9 Å². The van der Waals surface area contributed by atoms with Gasteiger partial charge in [-0.15, -0.1) is 0 Å². The summed E-state index contributed by atoms with van der Waals surface area (Å²) in [6.07, 6.45) is 7.42. The molecule has 0 aliphatic carbocycles. The molecule has 4 aromatic carbocycles. The molecule has 0 saturated heterocycles. The molecule has 0 bridgehead atoms. The van der Waals surface area contributed by atoms with Crippen molar-refractivity contribution in [1.29, 1.82) is 0 Å². The van der Waals surface area contributed by atoms with Crippen LogP contribution in [0.2, 0.25) is 0 Å². The zero-order valence-corrected chi connectivity index (χ0v) is 24.3. The maximum atomic E-state index is 12.6. The van der Waals surface area contributed by atoms with Crippen LogP contribution in [0.15, 0.2) is 72.8 Å². The van der Waals surface area contributed by atoms with E-state index < -0.39 is 12.0 Å². The second kappa shape index (κ2) is 12.6. The predicted molar refractivity (Wildman–Crippen MR) is 170 cm³/mol. The minimum atomic E-state index is -0.887. The van der Waals surface area contributed by atoms with Gasteiger partial charge in [-0.1, -0.05) is 94.6 Å². The normalized spacial score (nSPS) is 14.5. The van der Waals surface area contributed by atoms with Crippen LogP contribution in [-0.2, 0) is 16.0 Å². The highest BCUT2D eigenvalue weighted by molar-refractivity contribution is 6.07. The van der Waals surface area contributed by atoms with Crippen LogP contribution >= 0.6 is 0 Å². The first-order chi connectivity index (χ1) is 19.9. The van der Waals surface area contributed by atoms with Crippen LogP contribution in [0.5, 0.6) is 0 Å². The molecular formula is C36H40N2O3. The van der Waals surface area contributed by atoms with Gasteiger partial charge in [-0.2, -0.15) is 0 Å². The molecule has 5 nitrogen and oxygen atoms in total. The molecule has 1 amide bonds. The first-order valence-corrected chi connectivity index (χ1v) is 14.9. The van der Waals surface area contributed by atoms with E-state index >= 15 is 0 Å². The van der Waals surface area contributed by atoms with E-state index in [2.05, 4.69) is 92.1 Å².